The topological polar surface area (TPSA) is 3.24 Å². The zero-order valence-electron chi connectivity index (χ0n) is 16.9. The number of hydrogen-bond acceptors (Lipinski definition) is 1. The van der Waals surface area contributed by atoms with Crippen molar-refractivity contribution in [2.45, 2.75) is 122 Å². The molecule has 0 bridgehead atoms. The van der Waals surface area contributed by atoms with Crippen LogP contribution in [0.4, 0.5) is 0 Å². The summed E-state index contributed by atoms with van der Waals surface area (Å²) in [4.78, 5) is 2.66. The molecule has 2 saturated carbocycles. The summed E-state index contributed by atoms with van der Waals surface area (Å²) in [5, 5.41) is 0. The van der Waals surface area contributed by atoms with E-state index in [0.717, 1.165) is 17.9 Å². The Morgan fingerprint density at radius 3 is 1.58 bits per heavy atom. The van der Waals surface area contributed by atoms with Crippen LogP contribution < -0.4 is 0 Å². The highest BCUT2D eigenvalue weighted by Gasteiger charge is 2.28. The first kappa shape index (κ1) is 20.3. The van der Waals surface area contributed by atoms with Crippen molar-refractivity contribution >= 4 is 0 Å². The van der Waals surface area contributed by atoms with Gasteiger partial charge < -0.3 is 4.90 Å². The van der Waals surface area contributed by atoms with Gasteiger partial charge in [-0.05, 0) is 38.1 Å². The zero-order chi connectivity index (χ0) is 17.0. The summed E-state index contributed by atoms with van der Waals surface area (Å²) in [6.07, 6.45) is 25.3. The van der Waals surface area contributed by atoms with Crippen LogP contribution in [0.2, 0.25) is 0 Å². The van der Waals surface area contributed by atoms with Crippen molar-refractivity contribution in [1.82, 2.24) is 4.90 Å². The van der Waals surface area contributed by atoms with E-state index in [1.54, 1.807) is 0 Å². The Morgan fingerprint density at radius 1 is 0.708 bits per heavy atom. The molecule has 0 saturated heterocycles. The fourth-order valence-corrected chi connectivity index (χ4v) is 4.75. The first-order valence-corrected chi connectivity index (χ1v) is 11.5. The monoisotopic (exact) mass is 335 g/mol. The Morgan fingerprint density at radius 2 is 1.17 bits per heavy atom. The molecule has 0 radical (unpaired) electrons. The Bertz CT molecular complexity index is 282. The third-order valence-electron chi connectivity index (χ3n) is 6.69. The molecular weight excluding hydrogens is 290 g/mol. The van der Waals surface area contributed by atoms with Crippen LogP contribution in [0.25, 0.3) is 0 Å². The van der Waals surface area contributed by atoms with E-state index < -0.39 is 0 Å². The van der Waals surface area contributed by atoms with E-state index in [9.17, 15) is 0 Å². The molecule has 0 spiro atoms. The van der Waals surface area contributed by atoms with Gasteiger partial charge in [-0.2, -0.15) is 0 Å². The van der Waals surface area contributed by atoms with Gasteiger partial charge in [-0.1, -0.05) is 96.8 Å². The molecule has 1 atom stereocenters. The maximum atomic E-state index is 2.66. The Labute approximate surface area is 153 Å². The first-order valence-electron chi connectivity index (χ1n) is 11.5. The summed E-state index contributed by atoms with van der Waals surface area (Å²) in [5.41, 5.74) is 0. The summed E-state index contributed by atoms with van der Waals surface area (Å²) in [7, 11) is 2.37. The first-order chi connectivity index (χ1) is 11.8. The minimum Gasteiger partial charge on any atom is -0.303 e. The van der Waals surface area contributed by atoms with E-state index in [0.29, 0.717) is 0 Å². The summed E-state index contributed by atoms with van der Waals surface area (Å²) in [5.74, 6) is 1.96. The van der Waals surface area contributed by atoms with Crippen LogP contribution in [0.1, 0.15) is 116 Å². The molecule has 0 aromatic heterocycles. The highest BCUT2D eigenvalue weighted by molar-refractivity contribution is 4.83. The van der Waals surface area contributed by atoms with E-state index in [2.05, 4.69) is 18.9 Å². The lowest BCUT2D eigenvalue weighted by atomic mass is 9.84. The predicted octanol–water partition coefficient (Wildman–Crippen LogP) is 7.20. The highest BCUT2D eigenvalue weighted by atomic mass is 15.2. The lowest BCUT2D eigenvalue weighted by Gasteiger charge is -2.27. The van der Waals surface area contributed by atoms with Gasteiger partial charge in [-0.15, -0.1) is 0 Å². The standard InChI is InChI=1S/C23H45N/c1-3-21(20-24(2)23-17-18-23)19-22-15-13-11-9-7-5-4-6-8-10-12-14-16-22/h21-23H,3-20H2,1-2H3. The molecule has 1 heteroatoms. The molecule has 1 unspecified atom stereocenters. The van der Waals surface area contributed by atoms with Gasteiger partial charge in [0.1, 0.15) is 0 Å². The predicted molar refractivity (Wildman–Crippen MR) is 108 cm³/mol. The molecule has 0 N–H and O–H groups in total. The quantitative estimate of drug-likeness (QED) is 0.496. The van der Waals surface area contributed by atoms with E-state index >= 15 is 0 Å². The summed E-state index contributed by atoms with van der Waals surface area (Å²) >= 11 is 0. The fourth-order valence-electron chi connectivity index (χ4n) is 4.75. The molecule has 2 rings (SSSR count). The Hall–Kier alpha value is -0.0400. The molecule has 24 heavy (non-hydrogen) atoms. The van der Waals surface area contributed by atoms with Crippen LogP contribution >= 0.6 is 0 Å². The van der Waals surface area contributed by atoms with E-state index in [1.807, 2.05) is 0 Å². The normalized spacial score (nSPS) is 24.6. The van der Waals surface area contributed by atoms with Gasteiger partial charge in [0.15, 0.2) is 0 Å². The summed E-state index contributed by atoms with van der Waals surface area (Å²) in [6.45, 7) is 3.78. The molecule has 2 aliphatic rings. The minimum absolute atomic E-state index is 0.933. The van der Waals surface area contributed by atoms with Gasteiger partial charge in [0.2, 0.25) is 0 Å². The van der Waals surface area contributed by atoms with Gasteiger partial charge in [-0.3, -0.25) is 0 Å². The minimum atomic E-state index is 0.933. The van der Waals surface area contributed by atoms with E-state index in [4.69, 9.17) is 0 Å². The van der Waals surface area contributed by atoms with Gasteiger partial charge in [0.25, 0.3) is 0 Å². The molecule has 1 nitrogen and oxygen atoms in total. The van der Waals surface area contributed by atoms with Crippen LogP contribution in [0.5, 0.6) is 0 Å². The summed E-state index contributed by atoms with van der Waals surface area (Å²) < 4.78 is 0. The molecule has 2 fully saturated rings. The highest BCUT2D eigenvalue weighted by Crippen LogP contribution is 2.30. The van der Waals surface area contributed by atoms with Gasteiger partial charge >= 0.3 is 0 Å². The smallest absolute Gasteiger partial charge is 0.00934 e. The zero-order valence-corrected chi connectivity index (χ0v) is 16.9. The largest absolute Gasteiger partial charge is 0.303 e. The molecule has 0 heterocycles. The van der Waals surface area contributed by atoms with Gasteiger partial charge in [0, 0.05) is 12.6 Å². The molecule has 142 valence electrons. The van der Waals surface area contributed by atoms with Crippen LogP contribution in [0.3, 0.4) is 0 Å². The Balaban J connectivity index is 1.74. The van der Waals surface area contributed by atoms with Crippen molar-refractivity contribution < 1.29 is 0 Å². The van der Waals surface area contributed by atoms with Gasteiger partial charge in [-0.25, -0.2) is 0 Å². The van der Waals surface area contributed by atoms with Crippen molar-refractivity contribution in [2.75, 3.05) is 13.6 Å². The second kappa shape index (κ2) is 12.3. The fraction of sp³-hybridized carbons (Fsp3) is 1.00. The second-order valence-electron chi connectivity index (χ2n) is 9.01. The maximum absolute atomic E-state index is 2.66. The molecular formula is C23H45N. The molecule has 0 aromatic carbocycles. The van der Waals surface area contributed by atoms with Crippen molar-refractivity contribution in [1.29, 1.82) is 0 Å². The summed E-state index contributed by atoms with van der Waals surface area (Å²) in [6, 6.07) is 0.933. The van der Waals surface area contributed by atoms with Crippen molar-refractivity contribution in [3.05, 3.63) is 0 Å². The second-order valence-corrected chi connectivity index (χ2v) is 9.01. The average molecular weight is 336 g/mol. The van der Waals surface area contributed by atoms with E-state index in [-0.39, 0.29) is 0 Å². The van der Waals surface area contributed by atoms with Crippen LogP contribution in [0, 0.1) is 11.8 Å². The number of hydrogen-bond donors (Lipinski definition) is 0. The molecule has 0 amide bonds. The van der Waals surface area contributed by atoms with Crippen LogP contribution in [-0.4, -0.2) is 24.5 Å². The Kier molecular flexibility index (Phi) is 10.4. The lowest BCUT2D eigenvalue weighted by molar-refractivity contribution is 0.221. The lowest BCUT2D eigenvalue weighted by Crippen LogP contribution is -2.28. The SMILES string of the molecule is CCC(CC1CCCCCCCCCCCCC1)CN(C)C1CC1. The van der Waals surface area contributed by atoms with Crippen molar-refractivity contribution in [2.24, 2.45) is 11.8 Å². The molecule has 2 aliphatic carbocycles. The van der Waals surface area contributed by atoms with Crippen molar-refractivity contribution in [3.8, 4) is 0 Å². The number of nitrogens with zero attached hydrogens (tertiary/aromatic N) is 1. The number of rotatable bonds is 6. The van der Waals surface area contributed by atoms with Crippen LogP contribution in [0.15, 0.2) is 0 Å². The van der Waals surface area contributed by atoms with Crippen molar-refractivity contribution in [3.63, 3.8) is 0 Å². The molecule has 0 aliphatic heterocycles. The van der Waals surface area contributed by atoms with Crippen LogP contribution in [-0.2, 0) is 0 Å². The third kappa shape index (κ3) is 8.88. The molecule has 0 aromatic rings. The van der Waals surface area contributed by atoms with E-state index in [1.165, 1.54) is 116 Å². The average Bonchev–Trinajstić information content (AvgIpc) is 3.42. The maximum Gasteiger partial charge on any atom is 0.00934 e. The third-order valence-corrected chi connectivity index (χ3v) is 6.69. The van der Waals surface area contributed by atoms with Gasteiger partial charge in [0.05, 0.1) is 0 Å².